The zero-order chi connectivity index (χ0) is 15.6. The minimum atomic E-state index is -1.03. The van der Waals surface area contributed by atoms with Gasteiger partial charge in [0.2, 0.25) is 0 Å². The summed E-state index contributed by atoms with van der Waals surface area (Å²) in [7, 11) is 0. The highest BCUT2D eigenvalue weighted by atomic mass is 16.5. The van der Waals surface area contributed by atoms with E-state index in [1.165, 1.54) is 12.1 Å². The Morgan fingerprint density at radius 2 is 1.19 bits per heavy atom. The number of carboxylic acids is 2. The van der Waals surface area contributed by atoms with Gasteiger partial charge in [0.05, 0.1) is 11.1 Å². The van der Waals surface area contributed by atoms with Gasteiger partial charge in [-0.3, -0.25) is 0 Å². The van der Waals surface area contributed by atoms with Gasteiger partial charge in [0, 0.05) is 0 Å². The fraction of sp³-hybridized carbons (Fsp3) is 0.125. The summed E-state index contributed by atoms with van der Waals surface area (Å²) < 4.78 is 5.54. The molecule has 0 amide bonds. The van der Waals surface area contributed by atoms with Crippen molar-refractivity contribution in [2.75, 3.05) is 0 Å². The molecule has 21 heavy (non-hydrogen) atoms. The second kappa shape index (κ2) is 5.66. The predicted molar refractivity (Wildman–Crippen MR) is 76.4 cm³/mol. The first-order valence-corrected chi connectivity index (χ1v) is 6.24. The number of benzene rings is 2. The number of carboxylic acid groups (broad SMARTS) is 2. The summed E-state index contributed by atoms with van der Waals surface area (Å²) in [6.07, 6.45) is 0. The van der Waals surface area contributed by atoms with Crippen LogP contribution in [0.4, 0.5) is 0 Å². The van der Waals surface area contributed by atoms with Crippen molar-refractivity contribution in [1.82, 2.24) is 0 Å². The Labute approximate surface area is 121 Å². The maximum Gasteiger partial charge on any atom is 0.336 e. The largest absolute Gasteiger partial charge is 0.478 e. The molecule has 0 spiro atoms. The van der Waals surface area contributed by atoms with Crippen LogP contribution in [0.15, 0.2) is 36.4 Å². The van der Waals surface area contributed by atoms with E-state index >= 15 is 0 Å². The molecule has 0 aliphatic carbocycles. The third-order valence-electron chi connectivity index (χ3n) is 3.11. The van der Waals surface area contributed by atoms with E-state index in [1.807, 2.05) is 0 Å². The van der Waals surface area contributed by atoms with Gasteiger partial charge >= 0.3 is 11.9 Å². The second-order valence-electron chi connectivity index (χ2n) is 4.67. The van der Waals surface area contributed by atoms with Gasteiger partial charge in [-0.25, -0.2) is 9.59 Å². The summed E-state index contributed by atoms with van der Waals surface area (Å²) in [5.41, 5.74) is 1.56. The molecule has 0 fully saturated rings. The topological polar surface area (TPSA) is 83.8 Å². The van der Waals surface area contributed by atoms with Crippen molar-refractivity contribution < 1.29 is 24.5 Å². The van der Waals surface area contributed by atoms with E-state index in [0.29, 0.717) is 22.6 Å². The van der Waals surface area contributed by atoms with Crippen molar-refractivity contribution in [3.63, 3.8) is 0 Å². The van der Waals surface area contributed by atoms with Crippen molar-refractivity contribution in [2.24, 2.45) is 0 Å². The maximum absolute atomic E-state index is 11.1. The van der Waals surface area contributed by atoms with E-state index in [9.17, 15) is 9.59 Å². The third kappa shape index (κ3) is 3.20. The van der Waals surface area contributed by atoms with Crippen LogP contribution in [0.3, 0.4) is 0 Å². The number of aryl methyl sites for hydroxylation is 2. The summed E-state index contributed by atoms with van der Waals surface area (Å²) in [5, 5.41) is 18.2. The molecule has 0 aliphatic heterocycles. The van der Waals surface area contributed by atoms with E-state index in [0.717, 1.165) is 0 Å². The molecule has 2 aromatic rings. The van der Waals surface area contributed by atoms with Crippen molar-refractivity contribution >= 4 is 11.9 Å². The molecule has 0 aromatic heterocycles. The van der Waals surface area contributed by atoms with Gasteiger partial charge in [-0.05, 0) is 49.2 Å². The molecule has 0 radical (unpaired) electrons. The third-order valence-corrected chi connectivity index (χ3v) is 3.11. The summed E-state index contributed by atoms with van der Waals surface area (Å²) in [6, 6.07) is 9.40. The molecule has 5 heteroatoms. The van der Waals surface area contributed by atoms with Crippen LogP contribution in [0, 0.1) is 13.8 Å². The lowest BCUT2D eigenvalue weighted by Crippen LogP contribution is -2.01. The number of aromatic carboxylic acids is 2. The van der Waals surface area contributed by atoms with E-state index < -0.39 is 11.9 Å². The van der Waals surface area contributed by atoms with Gasteiger partial charge in [-0.2, -0.15) is 0 Å². The summed E-state index contributed by atoms with van der Waals surface area (Å²) in [4.78, 5) is 22.2. The molecule has 0 atom stereocenters. The number of ether oxygens (including phenoxy) is 1. The molecule has 5 nitrogen and oxygen atoms in total. The van der Waals surface area contributed by atoms with Gasteiger partial charge in [0.1, 0.15) is 11.5 Å². The fourth-order valence-electron chi connectivity index (χ4n) is 1.93. The summed E-state index contributed by atoms with van der Waals surface area (Å²) in [5.74, 6) is -1.38. The minimum absolute atomic E-state index is 0.151. The van der Waals surface area contributed by atoms with E-state index in [1.54, 1.807) is 38.1 Å². The molecule has 0 saturated heterocycles. The molecule has 108 valence electrons. The van der Waals surface area contributed by atoms with Crippen molar-refractivity contribution in [3.05, 3.63) is 58.7 Å². The highest BCUT2D eigenvalue weighted by Crippen LogP contribution is 2.26. The first-order chi connectivity index (χ1) is 9.88. The summed E-state index contributed by atoms with van der Waals surface area (Å²) in [6.45, 7) is 3.39. The Bertz CT molecular complexity index is 657. The Kier molecular flexibility index (Phi) is 3.93. The van der Waals surface area contributed by atoms with Crippen LogP contribution >= 0.6 is 0 Å². The van der Waals surface area contributed by atoms with Gasteiger partial charge in [0.15, 0.2) is 0 Å². The molecule has 2 rings (SSSR count). The standard InChI is InChI=1S/C16H14O5/c1-9-3-5-11(7-13(9)15(17)18)21-12-6-4-10(2)14(8-12)16(19)20/h3-8H,1-2H3,(H,17,18)(H,19,20). The number of carbonyl (C=O) groups is 2. The molecule has 0 heterocycles. The van der Waals surface area contributed by atoms with Crippen molar-refractivity contribution in [1.29, 1.82) is 0 Å². The van der Waals surface area contributed by atoms with Gasteiger partial charge in [0.25, 0.3) is 0 Å². The van der Waals surface area contributed by atoms with Gasteiger partial charge in [-0.15, -0.1) is 0 Å². The first-order valence-electron chi connectivity index (χ1n) is 6.24. The average molecular weight is 286 g/mol. The molecule has 0 saturated carbocycles. The predicted octanol–water partition coefficient (Wildman–Crippen LogP) is 3.49. The number of hydrogen-bond donors (Lipinski definition) is 2. The fourth-order valence-corrected chi connectivity index (χ4v) is 1.93. The number of hydrogen-bond acceptors (Lipinski definition) is 3. The summed E-state index contributed by atoms with van der Waals surface area (Å²) >= 11 is 0. The average Bonchev–Trinajstić information content (AvgIpc) is 2.42. The van der Waals surface area contributed by atoms with E-state index in [4.69, 9.17) is 14.9 Å². The highest BCUT2D eigenvalue weighted by Gasteiger charge is 2.11. The zero-order valence-electron chi connectivity index (χ0n) is 11.6. The zero-order valence-corrected chi connectivity index (χ0v) is 11.6. The maximum atomic E-state index is 11.1. The van der Waals surface area contributed by atoms with Crippen LogP contribution in [0.2, 0.25) is 0 Å². The van der Waals surface area contributed by atoms with Crippen molar-refractivity contribution in [2.45, 2.75) is 13.8 Å². The Hall–Kier alpha value is -2.82. The van der Waals surface area contributed by atoms with Crippen LogP contribution in [0.25, 0.3) is 0 Å². The molecule has 0 unspecified atom stereocenters. The van der Waals surface area contributed by atoms with Gasteiger partial charge in [-0.1, -0.05) is 12.1 Å². The van der Waals surface area contributed by atoms with Gasteiger partial charge < -0.3 is 14.9 Å². The SMILES string of the molecule is Cc1ccc(Oc2ccc(C)c(C(=O)O)c2)cc1C(=O)O. The Balaban J connectivity index is 2.34. The molecule has 0 aliphatic rings. The molecular weight excluding hydrogens is 272 g/mol. The van der Waals surface area contributed by atoms with Crippen LogP contribution in [0.5, 0.6) is 11.5 Å². The van der Waals surface area contributed by atoms with Crippen LogP contribution in [-0.4, -0.2) is 22.2 Å². The molecule has 0 bridgehead atoms. The van der Waals surface area contributed by atoms with Crippen LogP contribution < -0.4 is 4.74 Å². The molecule has 2 aromatic carbocycles. The quantitative estimate of drug-likeness (QED) is 0.898. The monoisotopic (exact) mass is 286 g/mol. The van der Waals surface area contributed by atoms with E-state index in [-0.39, 0.29) is 11.1 Å². The van der Waals surface area contributed by atoms with Crippen molar-refractivity contribution in [3.8, 4) is 11.5 Å². The minimum Gasteiger partial charge on any atom is -0.478 e. The Morgan fingerprint density at radius 1 is 0.810 bits per heavy atom. The van der Waals surface area contributed by atoms with E-state index in [2.05, 4.69) is 0 Å². The number of rotatable bonds is 4. The van der Waals surface area contributed by atoms with Crippen LogP contribution in [0.1, 0.15) is 31.8 Å². The molecule has 2 N–H and O–H groups in total. The second-order valence-corrected chi connectivity index (χ2v) is 4.67. The first kappa shape index (κ1) is 14.6. The van der Waals surface area contributed by atoms with Crippen LogP contribution in [-0.2, 0) is 0 Å². The smallest absolute Gasteiger partial charge is 0.336 e. The highest BCUT2D eigenvalue weighted by molar-refractivity contribution is 5.90. The lowest BCUT2D eigenvalue weighted by atomic mass is 10.1. The molecular formula is C16H14O5. The lowest BCUT2D eigenvalue weighted by molar-refractivity contribution is 0.0685. The Morgan fingerprint density at radius 3 is 1.52 bits per heavy atom. The normalized spacial score (nSPS) is 10.2. The lowest BCUT2D eigenvalue weighted by Gasteiger charge is -2.09.